The van der Waals surface area contributed by atoms with Crippen molar-refractivity contribution in [2.24, 2.45) is 5.73 Å². The molecule has 0 aromatic heterocycles. The third-order valence-corrected chi connectivity index (χ3v) is 8.20. The lowest BCUT2D eigenvalue weighted by Gasteiger charge is -2.26. The Morgan fingerprint density at radius 3 is 0.846 bits per heavy atom. The van der Waals surface area contributed by atoms with Gasteiger partial charge in [-0.3, -0.25) is 4.79 Å². The maximum Gasteiger partial charge on any atom is 0.277 e. The highest BCUT2D eigenvalue weighted by Gasteiger charge is 2.32. The van der Waals surface area contributed by atoms with Gasteiger partial charge in [0.2, 0.25) is 5.79 Å². The molecule has 1 amide bonds. The summed E-state index contributed by atoms with van der Waals surface area (Å²) in [5.41, 5.74) is 5.60. The van der Waals surface area contributed by atoms with Crippen LogP contribution in [0.1, 0.15) is 201 Å². The van der Waals surface area contributed by atoms with Gasteiger partial charge in [0.25, 0.3) is 5.91 Å². The number of ether oxygens (including phenoxy) is 2. The normalized spacial score (nSPS) is 11.9. The van der Waals surface area contributed by atoms with Crippen LogP contribution in [0.25, 0.3) is 0 Å². The Morgan fingerprint density at radius 2 is 0.641 bits per heavy atom. The Kier molecular flexibility index (Phi) is 29.9. The van der Waals surface area contributed by atoms with Crippen molar-refractivity contribution in [3.8, 4) is 0 Å². The summed E-state index contributed by atoms with van der Waals surface area (Å²) in [5.74, 6) is -1.80. The zero-order chi connectivity index (χ0) is 28.7. The number of hydrogen-bond donors (Lipinski definition) is 1. The molecule has 0 aromatic rings. The summed E-state index contributed by atoms with van der Waals surface area (Å²) in [6.45, 7) is 7.32. The molecule has 0 saturated carbocycles. The number of hydrogen-bond acceptors (Lipinski definition) is 3. The van der Waals surface area contributed by atoms with Crippen molar-refractivity contribution in [2.45, 2.75) is 206 Å². The van der Waals surface area contributed by atoms with Crippen LogP contribution in [0.5, 0.6) is 0 Å². The number of unbranched alkanes of at least 4 members (excludes halogenated alkanes) is 26. The van der Waals surface area contributed by atoms with Gasteiger partial charge < -0.3 is 15.2 Å². The van der Waals surface area contributed by atoms with Crippen LogP contribution in [0.15, 0.2) is 0 Å². The van der Waals surface area contributed by atoms with E-state index in [1.54, 1.807) is 6.92 Å². The molecule has 2 N–H and O–H groups in total. The summed E-state index contributed by atoms with van der Waals surface area (Å²) in [6, 6.07) is 0. The molecular weight excluding hydrogens is 482 g/mol. The quantitative estimate of drug-likeness (QED) is 0.0649. The summed E-state index contributed by atoms with van der Waals surface area (Å²) in [4.78, 5) is 12.0. The lowest BCUT2D eigenvalue weighted by atomic mass is 10.0. The Balaban J connectivity index is 3.53. The largest absolute Gasteiger partial charge is 0.365 e. The van der Waals surface area contributed by atoms with Gasteiger partial charge in [-0.25, -0.2) is 0 Å². The van der Waals surface area contributed by atoms with E-state index in [0.29, 0.717) is 13.2 Å². The van der Waals surface area contributed by atoms with Gasteiger partial charge in [-0.15, -0.1) is 0 Å². The fraction of sp³-hybridized carbons (Fsp3) is 0.971. The molecule has 0 radical (unpaired) electrons. The molecule has 0 fully saturated rings. The molecule has 0 atom stereocenters. The van der Waals surface area contributed by atoms with Crippen LogP contribution in [0.4, 0.5) is 0 Å². The first-order valence-corrected chi connectivity index (χ1v) is 17.6. The molecule has 0 unspecified atom stereocenters. The second kappa shape index (κ2) is 30.4. The smallest absolute Gasteiger partial charge is 0.277 e. The van der Waals surface area contributed by atoms with Crippen molar-refractivity contribution in [2.75, 3.05) is 13.2 Å². The first kappa shape index (κ1) is 38.4. The highest BCUT2D eigenvalue weighted by molar-refractivity contribution is 5.81. The summed E-state index contributed by atoms with van der Waals surface area (Å²) in [5, 5.41) is 0. The monoisotopic (exact) mass is 554 g/mol. The van der Waals surface area contributed by atoms with E-state index >= 15 is 0 Å². The molecule has 0 heterocycles. The van der Waals surface area contributed by atoms with Crippen LogP contribution in [-0.2, 0) is 14.3 Å². The van der Waals surface area contributed by atoms with Crippen molar-refractivity contribution in [3.63, 3.8) is 0 Å². The minimum Gasteiger partial charge on any atom is -0.365 e. The molecule has 0 spiro atoms. The molecule has 4 nitrogen and oxygen atoms in total. The highest BCUT2D eigenvalue weighted by atomic mass is 16.7. The zero-order valence-corrected chi connectivity index (χ0v) is 27.0. The Morgan fingerprint density at radius 1 is 0.436 bits per heavy atom. The summed E-state index contributed by atoms with van der Waals surface area (Å²) >= 11 is 0. The van der Waals surface area contributed by atoms with E-state index in [9.17, 15) is 4.79 Å². The Hall–Kier alpha value is -0.610. The number of primary amides is 1. The third kappa shape index (κ3) is 27.3. The predicted molar refractivity (Wildman–Crippen MR) is 170 cm³/mol. The van der Waals surface area contributed by atoms with Crippen LogP contribution < -0.4 is 5.73 Å². The SMILES string of the molecule is CCCCCCCCCCCCCCCCOC(C)(OCCCCCCCCCCCCCCCC)C(N)=O. The molecule has 0 aliphatic heterocycles. The number of carbonyl (C=O) groups excluding carboxylic acids is 1. The van der Waals surface area contributed by atoms with Crippen molar-refractivity contribution in [1.82, 2.24) is 0 Å². The predicted octanol–water partition coefficient (Wildman–Crippen LogP) is 11.2. The number of nitrogens with two attached hydrogens (primary N) is 1. The van der Waals surface area contributed by atoms with Crippen LogP contribution in [-0.4, -0.2) is 24.9 Å². The average Bonchev–Trinajstić information content (AvgIpc) is 2.93. The average molecular weight is 554 g/mol. The van der Waals surface area contributed by atoms with Crippen molar-refractivity contribution in [3.05, 3.63) is 0 Å². The van der Waals surface area contributed by atoms with Gasteiger partial charge in [0, 0.05) is 0 Å². The van der Waals surface area contributed by atoms with E-state index in [4.69, 9.17) is 15.2 Å². The van der Waals surface area contributed by atoms with Crippen molar-refractivity contribution < 1.29 is 14.3 Å². The van der Waals surface area contributed by atoms with Gasteiger partial charge in [0.15, 0.2) is 0 Å². The van der Waals surface area contributed by atoms with Gasteiger partial charge in [0.05, 0.1) is 13.2 Å². The summed E-state index contributed by atoms with van der Waals surface area (Å²) < 4.78 is 11.6. The second-order valence-electron chi connectivity index (χ2n) is 12.2. The first-order valence-electron chi connectivity index (χ1n) is 17.6. The third-order valence-electron chi connectivity index (χ3n) is 8.20. The Labute approximate surface area is 245 Å². The topological polar surface area (TPSA) is 61.6 Å². The second-order valence-corrected chi connectivity index (χ2v) is 12.2. The molecule has 0 rings (SSSR count). The minimum atomic E-state index is -1.28. The molecule has 0 saturated heterocycles. The minimum absolute atomic E-state index is 0.516. The first-order chi connectivity index (χ1) is 19.1. The van der Waals surface area contributed by atoms with E-state index in [0.717, 1.165) is 25.7 Å². The summed E-state index contributed by atoms with van der Waals surface area (Å²) in [6.07, 6.45) is 37.2. The van der Waals surface area contributed by atoms with E-state index < -0.39 is 11.7 Å². The van der Waals surface area contributed by atoms with Crippen molar-refractivity contribution >= 4 is 5.91 Å². The van der Waals surface area contributed by atoms with E-state index in [-0.39, 0.29) is 0 Å². The van der Waals surface area contributed by atoms with Gasteiger partial charge in [-0.05, 0) is 19.8 Å². The molecular formula is C35H71NO3. The fourth-order valence-corrected chi connectivity index (χ4v) is 5.31. The van der Waals surface area contributed by atoms with Gasteiger partial charge in [0.1, 0.15) is 0 Å². The Bertz CT molecular complexity index is 462. The molecule has 0 aliphatic rings. The summed E-state index contributed by atoms with van der Waals surface area (Å²) in [7, 11) is 0. The standard InChI is InChI=1S/C35H71NO3/c1-4-6-8-10-12-14-16-18-20-22-24-26-28-30-32-38-35(3,34(36)37)39-33-31-29-27-25-23-21-19-17-15-13-11-9-7-5-2/h4-33H2,1-3H3,(H2,36,37). The van der Waals surface area contributed by atoms with E-state index in [1.165, 1.54) is 154 Å². The molecule has 0 bridgehead atoms. The van der Waals surface area contributed by atoms with Crippen molar-refractivity contribution in [1.29, 1.82) is 0 Å². The molecule has 0 aromatic carbocycles. The number of amides is 1. The van der Waals surface area contributed by atoms with Crippen LogP contribution in [0.2, 0.25) is 0 Å². The molecule has 39 heavy (non-hydrogen) atoms. The maximum atomic E-state index is 12.0. The molecule has 0 aliphatic carbocycles. The van der Waals surface area contributed by atoms with E-state index in [1.807, 2.05) is 0 Å². The number of rotatable bonds is 33. The van der Waals surface area contributed by atoms with Crippen LogP contribution in [0, 0.1) is 0 Å². The zero-order valence-electron chi connectivity index (χ0n) is 27.0. The van der Waals surface area contributed by atoms with Gasteiger partial charge in [-0.2, -0.15) is 0 Å². The highest BCUT2D eigenvalue weighted by Crippen LogP contribution is 2.17. The van der Waals surface area contributed by atoms with Crippen LogP contribution >= 0.6 is 0 Å². The van der Waals surface area contributed by atoms with Crippen LogP contribution in [0.3, 0.4) is 0 Å². The maximum absolute atomic E-state index is 12.0. The molecule has 234 valence electrons. The lowest BCUT2D eigenvalue weighted by Crippen LogP contribution is -2.46. The van der Waals surface area contributed by atoms with Gasteiger partial charge >= 0.3 is 0 Å². The van der Waals surface area contributed by atoms with Gasteiger partial charge in [-0.1, -0.05) is 181 Å². The number of carbonyl (C=O) groups is 1. The molecule has 4 heteroatoms. The lowest BCUT2D eigenvalue weighted by molar-refractivity contribution is -0.220. The van der Waals surface area contributed by atoms with E-state index in [2.05, 4.69) is 13.8 Å². The fourth-order valence-electron chi connectivity index (χ4n) is 5.31.